The van der Waals surface area contributed by atoms with Crippen molar-refractivity contribution < 1.29 is 23.4 Å². The number of aliphatic hydroxyl groups is 1. The monoisotopic (exact) mass is 554 g/mol. The van der Waals surface area contributed by atoms with Crippen molar-refractivity contribution in [2.45, 2.75) is 27.0 Å². The minimum Gasteiger partial charge on any atom is -0.434 e. The number of aryl methyl sites for hydroxylation is 1. The van der Waals surface area contributed by atoms with Crippen molar-refractivity contribution in [3.05, 3.63) is 70.3 Å². The Morgan fingerprint density at radius 2 is 1.82 bits per heavy atom. The van der Waals surface area contributed by atoms with E-state index < -0.39 is 6.61 Å². The highest BCUT2D eigenvalue weighted by atomic mass is 19.3. The molecule has 1 aliphatic rings. The van der Waals surface area contributed by atoms with Gasteiger partial charge < -0.3 is 19.6 Å². The summed E-state index contributed by atoms with van der Waals surface area (Å²) in [6.07, 6.45) is 2.62. The van der Waals surface area contributed by atoms with Crippen LogP contribution in [0.25, 0.3) is 22.0 Å². The molecule has 10 nitrogen and oxygen atoms in total. The highest BCUT2D eigenvalue weighted by Crippen LogP contribution is 2.28. The number of ether oxygens (including phenoxy) is 1. The van der Waals surface area contributed by atoms with Crippen LogP contribution in [0.15, 0.2) is 53.5 Å². The third kappa shape index (κ3) is 6.12. The molecule has 1 aliphatic heterocycles. The van der Waals surface area contributed by atoms with Crippen LogP contribution in [0.3, 0.4) is 0 Å². The lowest BCUT2D eigenvalue weighted by Crippen LogP contribution is -2.46. The highest BCUT2D eigenvalue weighted by Gasteiger charge is 2.20. The largest absolute Gasteiger partial charge is 0.434 e. The van der Waals surface area contributed by atoms with Crippen molar-refractivity contribution in [2.75, 3.05) is 37.7 Å². The van der Waals surface area contributed by atoms with Crippen molar-refractivity contribution in [1.29, 1.82) is 0 Å². The van der Waals surface area contributed by atoms with Crippen LogP contribution in [0, 0.1) is 6.92 Å². The second-order valence-corrected chi connectivity index (χ2v) is 9.22. The van der Waals surface area contributed by atoms with E-state index >= 15 is 0 Å². The number of anilines is 1. The molecule has 1 amide bonds. The molecule has 3 heterocycles. The molecule has 2 aromatic carbocycles. The molecule has 2 aromatic heterocycles. The Labute approximate surface area is 230 Å². The van der Waals surface area contributed by atoms with E-state index in [1.54, 1.807) is 54.0 Å². The van der Waals surface area contributed by atoms with Gasteiger partial charge in [0.2, 0.25) is 12.4 Å². The number of carbonyl (C=O) groups excluding carboxylic acids is 1. The molecule has 0 spiro atoms. The number of halogens is 2. The smallest absolute Gasteiger partial charge is 0.387 e. The summed E-state index contributed by atoms with van der Waals surface area (Å²) in [4.78, 5) is 36.9. The normalized spacial score (nSPS) is 13.4. The second-order valence-electron chi connectivity index (χ2n) is 9.22. The fraction of sp³-hybridized carbons (Fsp3) is 0.357. The maximum Gasteiger partial charge on any atom is 0.387 e. The number of aromatic nitrogens is 4. The number of para-hydroxylation sites is 1. The van der Waals surface area contributed by atoms with E-state index in [2.05, 4.69) is 9.72 Å². The molecule has 40 heavy (non-hydrogen) atoms. The fourth-order valence-corrected chi connectivity index (χ4v) is 4.66. The van der Waals surface area contributed by atoms with E-state index in [0.717, 1.165) is 23.2 Å². The minimum absolute atomic E-state index is 0.0664. The van der Waals surface area contributed by atoms with Crippen molar-refractivity contribution in [3.8, 4) is 16.9 Å². The SMILES string of the molecule is CCO.Cc1nc(N2CCN(C=O)CC2)ncc1-c1ccc2c(=O)n(C)n(Cc3ccccc3OC(F)F)c2c1. The molecule has 0 radical (unpaired) electrons. The number of nitrogens with zero attached hydrogens (tertiary/aromatic N) is 6. The topological polar surface area (TPSA) is 106 Å². The van der Waals surface area contributed by atoms with Crippen LogP contribution < -0.4 is 15.2 Å². The van der Waals surface area contributed by atoms with E-state index in [0.29, 0.717) is 48.6 Å². The Kier molecular flexibility index (Phi) is 9.10. The number of hydrogen-bond donors (Lipinski definition) is 1. The standard InChI is InChI=1S/C26H26F2N6O3.C2H6O/c1-17-21(14-29-26(30-17)33-11-9-32(16-35)10-12-33)18-7-8-20-22(13-18)34(31(2)24(20)36)15-19-5-3-4-6-23(19)37-25(27)28;1-2-3/h3-8,13-14,16,25H,9-12,15H2,1-2H3;3H,2H2,1H3. The molecule has 0 atom stereocenters. The molecular formula is C28H32F2N6O4. The molecule has 12 heteroatoms. The van der Waals surface area contributed by atoms with Gasteiger partial charge in [-0.2, -0.15) is 8.78 Å². The summed E-state index contributed by atoms with van der Waals surface area (Å²) in [6.45, 7) is 3.64. The molecule has 1 N–H and O–H groups in total. The first-order chi connectivity index (χ1) is 19.3. The van der Waals surface area contributed by atoms with E-state index in [1.165, 1.54) is 10.7 Å². The maximum atomic E-state index is 12.9. The van der Waals surface area contributed by atoms with E-state index in [-0.39, 0.29) is 24.5 Å². The molecule has 0 bridgehead atoms. The average Bonchev–Trinajstić information content (AvgIpc) is 3.18. The Bertz CT molecular complexity index is 1530. The first-order valence-corrected chi connectivity index (χ1v) is 12.9. The number of amides is 1. The van der Waals surface area contributed by atoms with Crippen LogP contribution in [0.4, 0.5) is 14.7 Å². The van der Waals surface area contributed by atoms with Gasteiger partial charge in [-0.1, -0.05) is 24.3 Å². The molecule has 0 saturated carbocycles. The average molecular weight is 555 g/mol. The zero-order valence-corrected chi connectivity index (χ0v) is 22.6. The molecule has 0 aliphatic carbocycles. The van der Waals surface area contributed by atoms with Crippen molar-refractivity contribution in [2.24, 2.45) is 7.05 Å². The van der Waals surface area contributed by atoms with Gasteiger partial charge in [0.1, 0.15) is 5.75 Å². The number of fused-ring (bicyclic) bond motifs is 1. The summed E-state index contributed by atoms with van der Waals surface area (Å²) >= 11 is 0. The van der Waals surface area contributed by atoms with Crippen LogP contribution in [0.1, 0.15) is 18.2 Å². The first kappa shape index (κ1) is 28.7. The molecule has 4 aromatic rings. The quantitative estimate of drug-likeness (QED) is 0.350. The Morgan fingerprint density at radius 3 is 2.48 bits per heavy atom. The van der Waals surface area contributed by atoms with Gasteiger partial charge in [0.25, 0.3) is 5.56 Å². The Balaban J connectivity index is 0.00000118. The lowest BCUT2D eigenvalue weighted by atomic mass is 10.0. The van der Waals surface area contributed by atoms with E-state index in [1.807, 2.05) is 24.0 Å². The van der Waals surface area contributed by atoms with Crippen molar-refractivity contribution in [1.82, 2.24) is 24.2 Å². The molecule has 1 saturated heterocycles. The Hall–Kier alpha value is -4.32. The highest BCUT2D eigenvalue weighted by molar-refractivity contribution is 5.85. The minimum atomic E-state index is -2.95. The van der Waals surface area contributed by atoms with Gasteiger partial charge in [-0.25, -0.2) is 9.97 Å². The number of hydrogen-bond acceptors (Lipinski definition) is 7. The van der Waals surface area contributed by atoms with E-state index in [4.69, 9.17) is 10.1 Å². The van der Waals surface area contributed by atoms with Crippen LogP contribution >= 0.6 is 0 Å². The number of rotatable bonds is 7. The lowest BCUT2D eigenvalue weighted by Gasteiger charge is -2.32. The van der Waals surface area contributed by atoms with Crippen molar-refractivity contribution >= 4 is 23.3 Å². The summed E-state index contributed by atoms with van der Waals surface area (Å²) < 4.78 is 33.7. The molecule has 1 fully saturated rings. The fourth-order valence-electron chi connectivity index (χ4n) is 4.66. The predicted molar refractivity (Wildman–Crippen MR) is 148 cm³/mol. The van der Waals surface area contributed by atoms with Gasteiger partial charge >= 0.3 is 6.61 Å². The molecule has 5 rings (SSSR count). The summed E-state index contributed by atoms with van der Waals surface area (Å²) in [5, 5.41) is 8.08. The molecule has 0 unspecified atom stereocenters. The summed E-state index contributed by atoms with van der Waals surface area (Å²) in [7, 11) is 1.64. The summed E-state index contributed by atoms with van der Waals surface area (Å²) in [6, 6.07) is 12.1. The van der Waals surface area contributed by atoms with Gasteiger partial charge in [-0.05, 0) is 37.6 Å². The van der Waals surface area contributed by atoms with Crippen molar-refractivity contribution in [3.63, 3.8) is 0 Å². The number of aliphatic hydroxyl groups excluding tert-OH is 1. The lowest BCUT2D eigenvalue weighted by molar-refractivity contribution is -0.118. The number of carbonyl (C=O) groups is 1. The second kappa shape index (κ2) is 12.7. The van der Waals surface area contributed by atoms with Crippen LogP contribution in [0.5, 0.6) is 5.75 Å². The van der Waals surface area contributed by atoms with Gasteiger partial charge in [-0.3, -0.25) is 19.0 Å². The Morgan fingerprint density at radius 1 is 1.12 bits per heavy atom. The summed E-state index contributed by atoms with van der Waals surface area (Å²) in [5.74, 6) is 0.678. The maximum absolute atomic E-state index is 12.9. The third-order valence-electron chi connectivity index (χ3n) is 6.69. The summed E-state index contributed by atoms with van der Waals surface area (Å²) in [5.41, 5.74) is 3.43. The van der Waals surface area contributed by atoms with Gasteiger partial charge in [0.05, 0.1) is 23.1 Å². The van der Waals surface area contributed by atoms with E-state index in [9.17, 15) is 18.4 Å². The number of alkyl halides is 2. The van der Waals surface area contributed by atoms with Crippen LogP contribution in [-0.2, 0) is 18.4 Å². The van der Waals surface area contributed by atoms with Gasteiger partial charge in [-0.15, -0.1) is 0 Å². The van der Waals surface area contributed by atoms with Gasteiger partial charge in [0, 0.05) is 57.2 Å². The number of piperazine rings is 1. The molecule has 212 valence electrons. The number of benzene rings is 2. The third-order valence-corrected chi connectivity index (χ3v) is 6.69. The first-order valence-electron chi connectivity index (χ1n) is 12.9. The zero-order chi connectivity index (χ0) is 28.8. The zero-order valence-electron chi connectivity index (χ0n) is 22.6. The van der Waals surface area contributed by atoms with Crippen LogP contribution in [0.2, 0.25) is 0 Å². The molecular weight excluding hydrogens is 522 g/mol. The predicted octanol–water partition coefficient (Wildman–Crippen LogP) is 3.03. The van der Waals surface area contributed by atoms with Gasteiger partial charge in [0.15, 0.2) is 0 Å². The van der Waals surface area contributed by atoms with Crippen LogP contribution in [-0.4, -0.2) is 75.1 Å².